The van der Waals surface area contributed by atoms with Gasteiger partial charge in [0.05, 0.1) is 0 Å². The van der Waals surface area contributed by atoms with E-state index in [1.54, 1.807) is 36.8 Å². The summed E-state index contributed by atoms with van der Waals surface area (Å²) in [5.41, 5.74) is 7.24. The number of carbonyl (C=O) groups excluding carboxylic acids is 1. The molecule has 0 spiro atoms. The molecule has 0 saturated heterocycles. The Morgan fingerprint density at radius 1 is 1.44 bits per heavy atom. The van der Waals surface area contributed by atoms with Crippen LogP contribution in [0.5, 0.6) is 0 Å². The summed E-state index contributed by atoms with van der Waals surface area (Å²) in [5, 5.41) is 0. The van der Waals surface area contributed by atoms with Crippen molar-refractivity contribution in [1.29, 1.82) is 0 Å². The molecule has 0 unspecified atom stereocenters. The summed E-state index contributed by atoms with van der Waals surface area (Å²) >= 11 is 1.73. The second-order valence-corrected chi connectivity index (χ2v) is 4.94. The molecule has 1 amide bonds. The topological polar surface area (TPSA) is 46.3 Å². The second-order valence-electron chi connectivity index (χ2n) is 3.80. The largest absolute Gasteiger partial charge is 0.398 e. The van der Waals surface area contributed by atoms with E-state index >= 15 is 0 Å². The Kier molecular flexibility index (Phi) is 4.68. The van der Waals surface area contributed by atoms with Crippen LogP contribution in [0, 0.1) is 0 Å². The van der Waals surface area contributed by atoms with E-state index in [0.29, 0.717) is 11.3 Å². The van der Waals surface area contributed by atoms with Crippen LogP contribution in [0.3, 0.4) is 0 Å². The lowest BCUT2D eigenvalue weighted by Gasteiger charge is -2.12. The molecule has 16 heavy (non-hydrogen) atoms. The van der Waals surface area contributed by atoms with Crippen molar-refractivity contribution in [3.63, 3.8) is 0 Å². The van der Waals surface area contributed by atoms with Gasteiger partial charge in [0.1, 0.15) is 0 Å². The molecule has 3 nitrogen and oxygen atoms in total. The van der Waals surface area contributed by atoms with Crippen LogP contribution in [0.2, 0.25) is 0 Å². The van der Waals surface area contributed by atoms with Gasteiger partial charge in [0.15, 0.2) is 0 Å². The highest BCUT2D eigenvalue weighted by atomic mass is 32.2. The number of nitrogens with zero attached hydrogens (tertiary/aromatic N) is 1. The molecule has 0 aliphatic heterocycles. The van der Waals surface area contributed by atoms with E-state index in [9.17, 15) is 4.79 Å². The number of hydrogen-bond acceptors (Lipinski definition) is 3. The SMILES string of the molecule is CCCSc1ccc(C(=O)N(C)C)cc1N. The zero-order valence-corrected chi connectivity index (χ0v) is 10.8. The molecule has 1 aromatic carbocycles. The molecule has 1 aromatic rings. The third-order valence-electron chi connectivity index (χ3n) is 2.12. The van der Waals surface area contributed by atoms with Gasteiger partial charge in [-0.15, -0.1) is 11.8 Å². The van der Waals surface area contributed by atoms with Crippen molar-refractivity contribution >= 4 is 23.4 Å². The van der Waals surface area contributed by atoms with Gasteiger partial charge in [-0.1, -0.05) is 6.92 Å². The van der Waals surface area contributed by atoms with Crippen LogP contribution < -0.4 is 5.73 Å². The molecule has 4 heteroatoms. The lowest BCUT2D eigenvalue weighted by molar-refractivity contribution is 0.0827. The van der Waals surface area contributed by atoms with Gasteiger partial charge in [-0.3, -0.25) is 4.79 Å². The number of thioether (sulfide) groups is 1. The summed E-state index contributed by atoms with van der Waals surface area (Å²) in [6.07, 6.45) is 1.11. The number of carbonyl (C=O) groups is 1. The van der Waals surface area contributed by atoms with E-state index in [2.05, 4.69) is 6.92 Å². The fraction of sp³-hybridized carbons (Fsp3) is 0.417. The van der Waals surface area contributed by atoms with E-state index in [1.807, 2.05) is 12.1 Å². The lowest BCUT2D eigenvalue weighted by Crippen LogP contribution is -2.21. The average molecular weight is 238 g/mol. The lowest BCUT2D eigenvalue weighted by atomic mass is 10.2. The van der Waals surface area contributed by atoms with Crippen molar-refractivity contribution < 1.29 is 4.79 Å². The van der Waals surface area contributed by atoms with Crippen molar-refractivity contribution in [2.24, 2.45) is 0 Å². The van der Waals surface area contributed by atoms with Gasteiger partial charge in [-0.25, -0.2) is 0 Å². The first kappa shape index (κ1) is 12.9. The Bertz CT molecular complexity index is 377. The minimum Gasteiger partial charge on any atom is -0.398 e. The molecule has 0 aromatic heterocycles. The standard InChI is InChI=1S/C12H18N2OS/c1-4-7-16-11-6-5-9(8-10(11)13)12(15)14(2)3/h5-6,8H,4,7,13H2,1-3H3. The molecule has 0 saturated carbocycles. The van der Waals surface area contributed by atoms with Crippen LogP contribution in [0.15, 0.2) is 23.1 Å². The molecule has 0 aliphatic rings. The van der Waals surface area contributed by atoms with E-state index in [-0.39, 0.29) is 5.91 Å². The third kappa shape index (κ3) is 3.17. The molecular formula is C12H18N2OS. The normalized spacial score (nSPS) is 10.2. The number of benzene rings is 1. The first-order valence-corrected chi connectivity index (χ1v) is 6.28. The van der Waals surface area contributed by atoms with Crippen molar-refractivity contribution in [3.05, 3.63) is 23.8 Å². The van der Waals surface area contributed by atoms with Gasteiger partial charge in [0.2, 0.25) is 0 Å². The van der Waals surface area contributed by atoms with Crippen molar-refractivity contribution in [2.45, 2.75) is 18.2 Å². The van der Waals surface area contributed by atoms with Gasteiger partial charge in [0, 0.05) is 30.2 Å². The van der Waals surface area contributed by atoms with Gasteiger partial charge in [-0.2, -0.15) is 0 Å². The maximum atomic E-state index is 11.7. The Morgan fingerprint density at radius 2 is 2.12 bits per heavy atom. The molecule has 0 radical (unpaired) electrons. The van der Waals surface area contributed by atoms with Crippen molar-refractivity contribution in [3.8, 4) is 0 Å². The first-order valence-electron chi connectivity index (χ1n) is 5.30. The molecule has 88 valence electrons. The summed E-state index contributed by atoms with van der Waals surface area (Å²) in [5.74, 6) is 1.03. The molecule has 0 bridgehead atoms. The van der Waals surface area contributed by atoms with Crippen LogP contribution in [0.1, 0.15) is 23.7 Å². The molecule has 0 aliphatic carbocycles. The molecule has 0 heterocycles. The predicted molar refractivity (Wildman–Crippen MR) is 69.9 cm³/mol. The number of amides is 1. The number of nitrogen functional groups attached to an aromatic ring is 1. The number of anilines is 1. The van der Waals surface area contributed by atoms with Gasteiger partial charge in [0.25, 0.3) is 5.91 Å². The van der Waals surface area contributed by atoms with Crippen molar-refractivity contribution in [2.75, 3.05) is 25.6 Å². The highest BCUT2D eigenvalue weighted by Crippen LogP contribution is 2.26. The van der Waals surface area contributed by atoms with Crippen LogP contribution in [0.25, 0.3) is 0 Å². The minimum absolute atomic E-state index is 0.0151. The van der Waals surface area contributed by atoms with E-state index in [0.717, 1.165) is 17.1 Å². The zero-order chi connectivity index (χ0) is 12.1. The number of nitrogens with two attached hydrogens (primary N) is 1. The Hall–Kier alpha value is -1.16. The van der Waals surface area contributed by atoms with Crippen molar-refractivity contribution in [1.82, 2.24) is 4.90 Å². The summed E-state index contributed by atoms with van der Waals surface area (Å²) in [7, 11) is 3.47. The zero-order valence-electron chi connectivity index (χ0n) is 9.99. The monoisotopic (exact) mass is 238 g/mol. The van der Waals surface area contributed by atoms with Crippen LogP contribution in [-0.4, -0.2) is 30.7 Å². The summed E-state index contributed by atoms with van der Waals surface area (Å²) in [4.78, 5) is 14.3. The van der Waals surface area contributed by atoms with E-state index < -0.39 is 0 Å². The molecule has 1 rings (SSSR count). The quantitative estimate of drug-likeness (QED) is 0.647. The number of rotatable bonds is 4. The Labute approximate surface area is 101 Å². The minimum atomic E-state index is -0.0151. The summed E-state index contributed by atoms with van der Waals surface area (Å²) in [6, 6.07) is 5.50. The summed E-state index contributed by atoms with van der Waals surface area (Å²) in [6.45, 7) is 2.13. The van der Waals surface area contributed by atoms with Gasteiger partial charge in [-0.05, 0) is 30.4 Å². The smallest absolute Gasteiger partial charge is 0.253 e. The average Bonchev–Trinajstić information content (AvgIpc) is 2.26. The molecular weight excluding hydrogens is 220 g/mol. The van der Waals surface area contributed by atoms with Gasteiger partial charge < -0.3 is 10.6 Å². The van der Waals surface area contributed by atoms with Gasteiger partial charge >= 0.3 is 0 Å². The van der Waals surface area contributed by atoms with E-state index in [1.165, 1.54) is 0 Å². The molecule has 0 atom stereocenters. The summed E-state index contributed by atoms with van der Waals surface area (Å²) < 4.78 is 0. The van der Waals surface area contributed by atoms with Crippen LogP contribution in [-0.2, 0) is 0 Å². The number of hydrogen-bond donors (Lipinski definition) is 1. The Morgan fingerprint density at radius 3 is 2.62 bits per heavy atom. The highest BCUT2D eigenvalue weighted by Gasteiger charge is 2.09. The molecule has 0 fully saturated rings. The third-order valence-corrected chi connectivity index (χ3v) is 3.42. The first-order chi connectivity index (χ1) is 7.56. The maximum absolute atomic E-state index is 11.7. The maximum Gasteiger partial charge on any atom is 0.253 e. The fourth-order valence-corrected chi connectivity index (χ4v) is 2.10. The fourth-order valence-electron chi connectivity index (χ4n) is 1.28. The second kappa shape index (κ2) is 5.80. The Balaban J connectivity index is 2.86. The highest BCUT2D eigenvalue weighted by molar-refractivity contribution is 7.99. The van der Waals surface area contributed by atoms with Crippen LogP contribution >= 0.6 is 11.8 Å². The van der Waals surface area contributed by atoms with E-state index in [4.69, 9.17) is 5.73 Å². The predicted octanol–water partition coefficient (Wildman–Crippen LogP) is 2.47. The molecule has 2 N–H and O–H groups in total. The van der Waals surface area contributed by atoms with Crippen LogP contribution in [0.4, 0.5) is 5.69 Å².